The minimum atomic E-state index is -0.801. The molecule has 1 amide bonds. The molecular formula is C19H17F2N3O3S. The number of carbonyl (C=O) groups excluding carboxylic acids is 1. The number of nitrogens with zero attached hydrogens (tertiary/aromatic N) is 2. The number of nitrogens with one attached hydrogen (secondary N) is 1. The van der Waals surface area contributed by atoms with Gasteiger partial charge in [-0.25, -0.2) is 13.8 Å². The van der Waals surface area contributed by atoms with Crippen LogP contribution in [0.15, 0.2) is 52.4 Å². The number of fused-ring (bicyclic) bond motifs is 1. The number of hydrogen-bond acceptors (Lipinski definition) is 5. The maximum Gasteiger partial charge on any atom is 0.262 e. The van der Waals surface area contributed by atoms with Crippen LogP contribution in [0.4, 0.5) is 14.5 Å². The van der Waals surface area contributed by atoms with Gasteiger partial charge >= 0.3 is 0 Å². The summed E-state index contributed by atoms with van der Waals surface area (Å²) in [5.41, 5.74) is 0.155. The molecule has 9 heteroatoms. The Labute approximate surface area is 163 Å². The van der Waals surface area contributed by atoms with Crippen molar-refractivity contribution in [3.63, 3.8) is 0 Å². The number of aliphatic hydroxyl groups is 1. The quantitative estimate of drug-likeness (QED) is 0.487. The van der Waals surface area contributed by atoms with Crippen molar-refractivity contribution in [1.82, 2.24) is 9.55 Å². The van der Waals surface area contributed by atoms with Crippen LogP contribution in [-0.2, 0) is 11.3 Å². The lowest BCUT2D eigenvalue weighted by Crippen LogP contribution is -2.28. The highest BCUT2D eigenvalue weighted by atomic mass is 32.2. The molecule has 146 valence electrons. The van der Waals surface area contributed by atoms with Crippen LogP contribution in [-0.4, -0.2) is 32.4 Å². The highest BCUT2D eigenvalue weighted by Crippen LogP contribution is 2.19. The molecule has 1 heterocycles. The number of benzene rings is 2. The monoisotopic (exact) mass is 405 g/mol. The fourth-order valence-electron chi connectivity index (χ4n) is 2.64. The van der Waals surface area contributed by atoms with Crippen LogP contribution in [0.3, 0.4) is 0 Å². The Kier molecular flexibility index (Phi) is 6.05. The van der Waals surface area contributed by atoms with Crippen molar-refractivity contribution >= 4 is 34.3 Å². The fraction of sp³-hybridized carbons (Fsp3) is 0.211. The van der Waals surface area contributed by atoms with Gasteiger partial charge in [0.15, 0.2) is 5.16 Å². The second-order valence-electron chi connectivity index (χ2n) is 6.17. The summed E-state index contributed by atoms with van der Waals surface area (Å²) in [6.45, 7) is 1.57. The first-order valence-corrected chi connectivity index (χ1v) is 9.38. The standard InChI is InChI=1S/C19H17F2N3O3S/c1-11(25)9-24-18(27)15-4-2-3-5-16(15)23-19(24)28-10-17(26)22-14-7-12(20)6-13(21)8-14/h2-8,11,25H,9-10H2,1H3,(H,22,26)/t11-/m0/s1. The van der Waals surface area contributed by atoms with E-state index in [2.05, 4.69) is 10.3 Å². The lowest BCUT2D eigenvalue weighted by Gasteiger charge is -2.14. The molecule has 0 aliphatic carbocycles. The molecule has 0 aliphatic heterocycles. The number of amides is 1. The number of aliphatic hydroxyl groups excluding tert-OH is 1. The zero-order chi connectivity index (χ0) is 20.3. The molecule has 0 radical (unpaired) electrons. The Morgan fingerprint density at radius 1 is 1.25 bits per heavy atom. The van der Waals surface area contributed by atoms with Gasteiger partial charge in [-0.05, 0) is 31.2 Å². The van der Waals surface area contributed by atoms with Gasteiger partial charge in [-0.2, -0.15) is 0 Å². The van der Waals surface area contributed by atoms with E-state index in [0.29, 0.717) is 17.0 Å². The van der Waals surface area contributed by atoms with Crippen LogP contribution in [0.5, 0.6) is 0 Å². The number of anilines is 1. The molecular weight excluding hydrogens is 388 g/mol. The van der Waals surface area contributed by atoms with E-state index in [9.17, 15) is 23.5 Å². The van der Waals surface area contributed by atoms with Crippen LogP contribution in [0.25, 0.3) is 10.9 Å². The zero-order valence-corrected chi connectivity index (χ0v) is 15.7. The van der Waals surface area contributed by atoms with Gasteiger partial charge in [-0.1, -0.05) is 23.9 Å². The summed E-state index contributed by atoms with van der Waals surface area (Å²) < 4.78 is 27.8. The Balaban J connectivity index is 1.82. The maximum absolute atomic E-state index is 13.2. The minimum absolute atomic E-state index is 0.00376. The van der Waals surface area contributed by atoms with Crippen LogP contribution in [0.1, 0.15) is 6.92 Å². The van der Waals surface area contributed by atoms with Gasteiger partial charge in [0.25, 0.3) is 5.56 Å². The summed E-state index contributed by atoms with van der Waals surface area (Å²) in [5.74, 6) is -2.25. The van der Waals surface area contributed by atoms with Gasteiger partial charge in [0, 0.05) is 11.8 Å². The third-order valence-electron chi connectivity index (χ3n) is 3.75. The number of hydrogen-bond donors (Lipinski definition) is 2. The molecule has 6 nitrogen and oxygen atoms in total. The molecule has 2 aromatic carbocycles. The molecule has 0 saturated heterocycles. The number of halogens is 2. The van der Waals surface area contributed by atoms with Gasteiger partial charge in [-0.15, -0.1) is 0 Å². The maximum atomic E-state index is 13.2. The van der Waals surface area contributed by atoms with E-state index >= 15 is 0 Å². The van der Waals surface area contributed by atoms with E-state index in [1.54, 1.807) is 31.2 Å². The van der Waals surface area contributed by atoms with Gasteiger partial charge in [0.05, 0.1) is 29.3 Å². The van der Waals surface area contributed by atoms with E-state index in [0.717, 1.165) is 23.9 Å². The first kappa shape index (κ1) is 20.0. The highest BCUT2D eigenvalue weighted by Gasteiger charge is 2.15. The van der Waals surface area contributed by atoms with Gasteiger partial charge < -0.3 is 10.4 Å². The van der Waals surface area contributed by atoms with E-state index in [4.69, 9.17) is 0 Å². The fourth-order valence-corrected chi connectivity index (χ4v) is 3.44. The van der Waals surface area contributed by atoms with Crippen molar-refractivity contribution in [1.29, 1.82) is 0 Å². The smallest absolute Gasteiger partial charge is 0.262 e. The molecule has 0 saturated carbocycles. The SMILES string of the molecule is C[C@H](O)Cn1c(SCC(=O)Nc2cc(F)cc(F)c2)nc2ccccc2c1=O. The molecule has 1 atom stereocenters. The predicted molar refractivity (Wildman–Crippen MR) is 103 cm³/mol. The van der Waals surface area contributed by atoms with Gasteiger partial charge in [0.2, 0.25) is 5.91 Å². The van der Waals surface area contributed by atoms with Crippen molar-refractivity contribution in [3.05, 3.63) is 64.5 Å². The van der Waals surface area contributed by atoms with E-state index in [1.165, 1.54) is 4.57 Å². The first-order valence-electron chi connectivity index (χ1n) is 8.40. The lowest BCUT2D eigenvalue weighted by atomic mass is 10.2. The van der Waals surface area contributed by atoms with Crippen LogP contribution < -0.4 is 10.9 Å². The molecule has 0 unspecified atom stereocenters. The van der Waals surface area contributed by atoms with Gasteiger partial charge in [-0.3, -0.25) is 14.2 Å². The highest BCUT2D eigenvalue weighted by molar-refractivity contribution is 7.99. The van der Waals surface area contributed by atoms with Crippen molar-refractivity contribution < 1.29 is 18.7 Å². The van der Waals surface area contributed by atoms with Crippen LogP contribution in [0, 0.1) is 11.6 Å². The molecule has 28 heavy (non-hydrogen) atoms. The average Bonchev–Trinajstić information content (AvgIpc) is 2.61. The topological polar surface area (TPSA) is 84.2 Å². The number of para-hydroxylation sites is 1. The van der Waals surface area contributed by atoms with E-state index in [-0.39, 0.29) is 28.7 Å². The molecule has 0 bridgehead atoms. The van der Waals surface area contributed by atoms with Gasteiger partial charge in [0.1, 0.15) is 11.6 Å². The van der Waals surface area contributed by atoms with E-state index < -0.39 is 23.6 Å². The molecule has 0 spiro atoms. The molecule has 1 aromatic heterocycles. The second-order valence-corrected chi connectivity index (χ2v) is 7.11. The Morgan fingerprint density at radius 2 is 1.93 bits per heavy atom. The molecule has 2 N–H and O–H groups in total. The van der Waals surface area contributed by atoms with E-state index in [1.807, 2.05) is 0 Å². The average molecular weight is 405 g/mol. The Morgan fingerprint density at radius 3 is 2.61 bits per heavy atom. The molecule has 0 aliphatic rings. The Hall–Kier alpha value is -2.78. The number of rotatable bonds is 6. The van der Waals surface area contributed by atoms with Crippen LogP contribution >= 0.6 is 11.8 Å². The summed E-state index contributed by atoms with van der Waals surface area (Å²) in [5, 5.41) is 12.8. The Bertz CT molecular complexity index is 1070. The zero-order valence-electron chi connectivity index (χ0n) is 14.9. The summed E-state index contributed by atoms with van der Waals surface area (Å²) >= 11 is 0.995. The molecule has 0 fully saturated rings. The summed E-state index contributed by atoms with van der Waals surface area (Å²) in [4.78, 5) is 29.3. The summed E-state index contributed by atoms with van der Waals surface area (Å²) in [6.07, 6.45) is -0.788. The van der Waals surface area contributed by atoms with Crippen molar-refractivity contribution in [2.24, 2.45) is 0 Å². The lowest BCUT2D eigenvalue weighted by molar-refractivity contribution is -0.113. The second kappa shape index (κ2) is 8.49. The van der Waals surface area contributed by atoms with Crippen molar-refractivity contribution in [3.8, 4) is 0 Å². The summed E-state index contributed by atoms with van der Waals surface area (Å²) in [6, 6.07) is 9.50. The van der Waals surface area contributed by atoms with Crippen LogP contribution in [0.2, 0.25) is 0 Å². The third-order valence-corrected chi connectivity index (χ3v) is 4.73. The predicted octanol–water partition coefficient (Wildman–Crippen LogP) is 2.79. The van der Waals surface area contributed by atoms with Crippen molar-refractivity contribution in [2.75, 3.05) is 11.1 Å². The minimum Gasteiger partial charge on any atom is -0.392 e. The molecule has 3 aromatic rings. The normalized spacial score (nSPS) is 12.1. The molecule has 3 rings (SSSR count). The largest absolute Gasteiger partial charge is 0.392 e. The van der Waals surface area contributed by atoms with Crippen molar-refractivity contribution in [2.45, 2.75) is 24.7 Å². The summed E-state index contributed by atoms with van der Waals surface area (Å²) in [7, 11) is 0. The third kappa shape index (κ3) is 4.73. The number of thioether (sulfide) groups is 1. The number of carbonyl (C=O) groups is 1. The number of aromatic nitrogens is 2. The first-order chi connectivity index (χ1) is 13.3.